The van der Waals surface area contributed by atoms with Crippen molar-refractivity contribution in [2.24, 2.45) is 7.05 Å². The van der Waals surface area contributed by atoms with E-state index < -0.39 is 0 Å². The van der Waals surface area contributed by atoms with Gasteiger partial charge in [0, 0.05) is 29.9 Å². The van der Waals surface area contributed by atoms with E-state index in [1.54, 1.807) is 6.07 Å². The molecule has 3 rings (SSSR count). The number of aromatic nitrogens is 4. The van der Waals surface area contributed by atoms with Crippen molar-refractivity contribution in [3.63, 3.8) is 0 Å². The maximum atomic E-state index is 9.46. The Hall–Kier alpha value is -3.11. The minimum absolute atomic E-state index is 0.0846. The molecule has 0 aliphatic heterocycles. The highest BCUT2D eigenvalue weighted by Crippen LogP contribution is 2.28. The SMILES string of the molecule is Cc1cc(N(/C(=C\C#N)NCc2cc(C(C)C)c3c(C)nn(C)c3n2)C(C)C)cc(Cl)n1. The van der Waals surface area contributed by atoms with E-state index in [1.165, 1.54) is 11.6 Å². The number of fused-ring (bicyclic) bond motifs is 1. The van der Waals surface area contributed by atoms with Gasteiger partial charge in [-0.3, -0.25) is 4.68 Å². The van der Waals surface area contributed by atoms with Gasteiger partial charge in [-0.05, 0) is 57.4 Å². The van der Waals surface area contributed by atoms with Gasteiger partial charge in [-0.1, -0.05) is 25.4 Å². The molecule has 3 aromatic heterocycles. The molecule has 0 spiro atoms. The summed E-state index contributed by atoms with van der Waals surface area (Å²) >= 11 is 6.21. The first kappa shape index (κ1) is 23.6. The first-order chi connectivity index (χ1) is 15.1. The molecule has 0 bridgehead atoms. The number of halogens is 1. The van der Waals surface area contributed by atoms with Crippen molar-refractivity contribution in [2.75, 3.05) is 4.90 Å². The zero-order valence-electron chi connectivity index (χ0n) is 19.7. The fourth-order valence-electron chi connectivity index (χ4n) is 3.99. The smallest absolute Gasteiger partial charge is 0.158 e. The second-order valence-corrected chi connectivity index (χ2v) is 8.92. The fraction of sp³-hybridized carbons (Fsp3) is 0.417. The summed E-state index contributed by atoms with van der Waals surface area (Å²) in [6.45, 7) is 12.9. The first-order valence-corrected chi connectivity index (χ1v) is 11.1. The van der Waals surface area contributed by atoms with Crippen LogP contribution >= 0.6 is 11.6 Å². The second-order valence-electron chi connectivity index (χ2n) is 8.53. The van der Waals surface area contributed by atoms with E-state index in [0.717, 1.165) is 33.8 Å². The van der Waals surface area contributed by atoms with E-state index in [0.29, 0.717) is 23.4 Å². The summed E-state index contributed by atoms with van der Waals surface area (Å²) in [6, 6.07) is 8.14. The predicted molar refractivity (Wildman–Crippen MR) is 129 cm³/mol. The molecule has 8 heteroatoms. The molecule has 0 amide bonds. The second kappa shape index (κ2) is 9.58. The van der Waals surface area contributed by atoms with Crippen molar-refractivity contribution < 1.29 is 0 Å². The Morgan fingerprint density at radius 1 is 1.22 bits per heavy atom. The maximum Gasteiger partial charge on any atom is 0.158 e. The normalized spacial score (nSPS) is 12.0. The monoisotopic (exact) mass is 451 g/mol. The molecule has 0 fully saturated rings. The number of nitrogens with one attached hydrogen (secondary N) is 1. The van der Waals surface area contributed by atoms with Gasteiger partial charge in [-0.2, -0.15) is 10.4 Å². The summed E-state index contributed by atoms with van der Waals surface area (Å²) in [6.07, 6.45) is 1.51. The molecule has 0 aromatic carbocycles. The highest BCUT2D eigenvalue weighted by atomic mass is 35.5. The van der Waals surface area contributed by atoms with Gasteiger partial charge < -0.3 is 10.2 Å². The molecular formula is C24H30ClN7. The van der Waals surface area contributed by atoms with Gasteiger partial charge >= 0.3 is 0 Å². The topological polar surface area (TPSA) is 82.7 Å². The lowest BCUT2D eigenvalue weighted by Gasteiger charge is -2.31. The Kier molecular flexibility index (Phi) is 7.05. The quantitative estimate of drug-likeness (QED) is 0.396. The van der Waals surface area contributed by atoms with Crippen molar-refractivity contribution in [1.82, 2.24) is 25.1 Å². The van der Waals surface area contributed by atoms with Gasteiger partial charge in [-0.15, -0.1) is 0 Å². The zero-order chi connectivity index (χ0) is 23.6. The van der Waals surface area contributed by atoms with Crippen LogP contribution in [0.1, 0.15) is 56.3 Å². The first-order valence-electron chi connectivity index (χ1n) is 10.7. The van der Waals surface area contributed by atoms with Crippen LogP contribution in [0.4, 0.5) is 5.69 Å². The van der Waals surface area contributed by atoms with Gasteiger partial charge in [0.2, 0.25) is 0 Å². The van der Waals surface area contributed by atoms with Gasteiger partial charge in [0.25, 0.3) is 0 Å². The average Bonchev–Trinajstić information content (AvgIpc) is 2.98. The van der Waals surface area contributed by atoms with Crippen LogP contribution < -0.4 is 10.2 Å². The zero-order valence-corrected chi connectivity index (χ0v) is 20.5. The molecule has 0 saturated carbocycles. The largest absolute Gasteiger partial charge is 0.365 e. The number of allylic oxidation sites excluding steroid dienone is 1. The number of anilines is 1. The van der Waals surface area contributed by atoms with Crippen LogP contribution in [0, 0.1) is 25.2 Å². The van der Waals surface area contributed by atoms with Gasteiger partial charge in [-0.25, -0.2) is 9.97 Å². The lowest BCUT2D eigenvalue weighted by atomic mass is 9.99. The summed E-state index contributed by atoms with van der Waals surface area (Å²) in [5.41, 5.74) is 5.66. The Bertz CT molecular complexity index is 1180. The van der Waals surface area contributed by atoms with Crippen molar-refractivity contribution in [2.45, 2.75) is 60.0 Å². The lowest BCUT2D eigenvalue weighted by Crippen LogP contribution is -2.37. The Morgan fingerprint density at radius 3 is 2.53 bits per heavy atom. The minimum Gasteiger partial charge on any atom is -0.365 e. The molecule has 3 aromatic rings. The van der Waals surface area contributed by atoms with E-state index in [2.05, 4.69) is 55.2 Å². The van der Waals surface area contributed by atoms with Crippen molar-refractivity contribution in [3.8, 4) is 6.07 Å². The third-order valence-electron chi connectivity index (χ3n) is 5.29. The van der Waals surface area contributed by atoms with Crippen molar-refractivity contribution in [1.29, 1.82) is 5.26 Å². The maximum absolute atomic E-state index is 9.46. The number of hydrogen-bond acceptors (Lipinski definition) is 6. The molecule has 0 saturated heterocycles. The predicted octanol–water partition coefficient (Wildman–Crippen LogP) is 5.13. The molecule has 32 heavy (non-hydrogen) atoms. The van der Waals surface area contributed by atoms with Crippen LogP contribution in [0.2, 0.25) is 5.15 Å². The van der Waals surface area contributed by atoms with Crippen LogP contribution in [-0.2, 0) is 13.6 Å². The number of hydrogen-bond donors (Lipinski definition) is 1. The molecule has 7 nitrogen and oxygen atoms in total. The van der Waals surface area contributed by atoms with E-state index in [9.17, 15) is 5.26 Å². The highest BCUT2D eigenvalue weighted by molar-refractivity contribution is 6.29. The fourth-order valence-corrected chi connectivity index (χ4v) is 4.24. The van der Waals surface area contributed by atoms with E-state index in [-0.39, 0.29) is 6.04 Å². The summed E-state index contributed by atoms with van der Waals surface area (Å²) in [7, 11) is 1.92. The lowest BCUT2D eigenvalue weighted by molar-refractivity contribution is 0.669. The van der Waals surface area contributed by atoms with Crippen LogP contribution in [-0.4, -0.2) is 25.8 Å². The molecule has 0 atom stereocenters. The summed E-state index contributed by atoms with van der Waals surface area (Å²) in [5.74, 6) is 1.02. The molecule has 0 unspecified atom stereocenters. The number of rotatable bonds is 7. The average molecular weight is 452 g/mol. The summed E-state index contributed by atoms with van der Waals surface area (Å²) in [5, 5.41) is 19.0. The molecule has 3 heterocycles. The van der Waals surface area contributed by atoms with Gasteiger partial charge in [0.1, 0.15) is 11.0 Å². The number of pyridine rings is 2. The van der Waals surface area contributed by atoms with E-state index in [4.69, 9.17) is 16.6 Å². The molecule has 0 aliphatic carbocycles. The minimum atomic E-state index is 0.0846. The number of nitrogens with zero attached hydrogens (tertiary/aromatic N) is 6. The number of nitriles is 1. The van der Waals surface area contributed by atoms with E-state index >= 15 is 0 Å². The molecule has 168 valence electrons. The molecular weight excluding hydrogens is 422 g/mol. The van der Waals surface area contributed by atoms with E-state index in [1.807, 2.05) is 36.5 Å². The van der Waals surface area contributed by atoms with Crippen LogP contribution in [0.3, 0.4) is 0 Å². The van der Waals surface area contributed by atoms with Crippen LogP contribution in [0.25, 0.3) is 11.0 Å². The van der Waals surface area contributed by atoms with Crippen LogP contribution in [0.5, 0.6) is 0 Å². The summed E-state index contributed by atoms with van der Waals surface area (Å²) in [4.78, 5) is 11.2. The molecule has 0 aliphatic rings. The Morgan fingerprint density at radius 2 is 1.94 bits per heavy atom. The van der Waals surface area contributed by atoms with Crippen LogP contribution in [0.15, 0.2) is 30.1 Å². The Balaban J connectivity index is 1.98. The van der Waals surface area contributed by atoms with Gasteiger partial charge in [0.05, 0.1) is 30.1 Å². The highest BCUT2D eigenvalue weighted by Gasteiger charge is 2.19. The molecule has 0 radical (unpaired) electrons. The van der Waals surface area contributed by atoms with Gasteiger partial charge in [0.15, 0.2) is 5.65 Å². The van der Waals surface area contributed by atoms with Crippen molar-refractivity contribution in [3.05, 3.63) is 57.9 Å². The standard InChI is InChI=1S/C24H30ClN7/c1-14(2)20-11-18(29-24-23(20)17(6)30-31(24)7)13-27-22(8-9-26)32(15(3)4)19-10-16(5)28-21(25)12-19/h8,10-12,14-15,27H,13H2,1-7H3/b22-8-. The number of aryl methyl sites for hydroxylation is 3. The summed E-state index contributed by atoms with van der Waals surface area (Å²) < 4.78 is 1.83. The molecule has 1 N–H and O–H groups in total. The Labute approximate surface area is 194 Å². The third-order valence-corrected chi connectivity index (χ3v) is 5.48. The third kappa shape index (κ3) is 4.86. The van der Waals surface area contributed by atoms with Crippen molar-refractivity contribution >= 4 is 28.3 Å².